The van der Waals surface area contributed by atoms with E-state index in [1.807, 2.05) is 41.3 Å². The minimum Gasteiger partial charge on any atom is -0.493 e. The molecule has 1 aliphatic rings. The molecular weight excluding hydrogens is 370 g/mol. The summed E-state index contributed by atoms with van der Waals surface area (Å²) >= 11 is 0. The molecule has 1 heterocycles. The topological polar surface area (TPSA) is 57.2 Å². The molecule has 6 heteroatoms. The van der Waals surface area contributed by atoms with Crippen LogP contribution in [0.4, 0.5) is 0 Å². The van der Waals surface area contributed by atoms with Crippen molar-refractivity contribution >= 4 is 12.0 Å². The number of benzene rings is 2. The van der Waals surface area contributed by atoms with Gasteiger partial charge in [-0.1, -0.05) is 18.2 Å². The van der Waals surface area contributed by atoms with Crippen molar-refractivity contribution < 1.29 is 23.7 Å². The molecule has 29 heavy (non-hydrogen) atoms. The lowest BCUT2D eigenvalue weighted by molar-refractivity contribution is -0.126. The van der Waals surface area contributed by atoms with Crippen LogP contribution >= 0.6 is 0 Å². The summed E-state index contributed by atoms with van der Waals surface area (Å²) in [4.78, 5) is 14.8. The van der Waals surface area contributed by atoms with Gasteiger partial charge in [0.15, 0.2) is 23.0 Å². The fourth-order valence-electron chi connectivity index (χ4n) is 3.74. The Kier molecular flexibility index (Phi) is 6.65. The third kappa shape index (κ3) is 4.31. The van der Waals surface area contributed by atoms with E-state index >= 15 is 0 Å². The summed E-state index contributed by atoms with van der Waals surface area (Å²) in [6.45, 7) is 0.720. The highest BCUT2D eigenvalue weighted by molar-refractivity contribution is 5.92. The van der Waals surface area contributed by atoms with Gasteiger partial charge >= 0.3 is 0 Å². The number of rotatable bonds is 7. The molecular formula is C23H27NO5. The predicted octanol–water partition coefficient (Wildman–Crippen LogP) is 4.10. The molecule has 2 aromatic rings. The van der Waals surface area contributed by atoms with Gasteiger partial charge < -0.3 is 23.8 Å². The summed E-state index contributed by atoms with van der Waals surface area (Å²) in [6, 6.07) is 11.4. The molecule has 0 bridgehead atoms. The van der Waals surface area contributed by atoms with Crippen molar-refractivity contribution in [1.29, 1.82) is 0 Å². The van der Waals surface area contributed by atoms with Gasteiger partial charge in [-0.05, 0) is 42.7 Å². The van der Waals surface area contributed by atoms with Crippen molar-refractivity contribution in [2.24, 2.45) is 0 Å². The fraction of sp³-hybridized carbons (Fsp3) is 0.348. The zero-order valence-corrected chi connectivity index (χ0v) is 17.3. The average molecular weight is 397 g/mol. The Labute approximate surface area is 171 Å². The summed E-state index contributed by atoms with van der Waals surface area (Å²) in [7, 11) is 6.41. The van der Waals surface area contributed by atoms with Gasteiger partial charge in [0.25, 0.3) is 0 Å². The van der Waals surface area contributed by atoms with Crippen LogP contribution in [-0.4, -0.2) is 45.8 Å². The zero-order valence-electron chi connectivity index (χ0n) is 17.3. The third-order valence-corrected chi connectivity index (χ3v) is 5.17. The normalized spacial score (nSPS) is 16.1. The second-order valence-corrected chi connectivity index (χ2v) is 6.72. The highest BCUT2D eigenvalue weighted by atomic mass is 16.5. The summed E-state index contributed by atoms with van der Waals surface area (Å²) in [5.74, 6) is 2.55. The summed E-state index contributed by atoms with van der Waals surface area (Å²) in [6.07, 6.45) is 5.24. The molecule has 1 fully saturated rings. The summed E-state index contributed by atoms with van der Waals surface area (Å²) < 4.78 is 21.5. The molecule has 154 valence electrons. The first kappa shape index (κ1) is 20.6. The second-order valence-electron chi connectivity index (χ2n) is 6.72. The second kappa shape index (κ2) is 9.37. The lowest BCUT2D eigenvalue weighted by atomic mass is 10.0. The van der Waals surface area contributed by atoms with E-state index in [4.69, 9.17) is 18.9 Å². The predicted molar refractivity (Wildman–Crippen MR) is 112 cm³/mol. The largest absolute Gasteiger partial charge is 0.493 e. The number of para-hydroxylation sites is 1. The Morgan fingerprint density at radius 2 is 1.72 bits per heavy atom. The number of carbonyl (C=O) groups excluding carboxylic acids is 1. The van der Waals surface area contributed by atoms with E-state index in [0.29, 0.717) is 23.0 Å². The van der Waals surface area contributed by atoms with E-state index in [1.54, 1.807) is 40.6 Å². The Balaban J connectivity index is 1.82. The van der Waals surface area contributed by atoms with E-state index in [9.17, 15) is 4.79 Å². The summed E-state index contributed by atoms with van der Waals surface area (Å²) in [5, 5.41) is 0. The fourth-order valence-corrected chi connectivity index (χ4v) is 3.74. The molecule has 1 aliphatic heterocycles. The van der Waals surface area contributed by atoms with Crippen molar-refractivity contribution in [1.82, 2.24) is 4.90 Å². The molecule has 0 aliphatic carbocycles. The molecule has 1 atom stereocenters. The van der Waals surface area contributed by atoms with Gasteiger partial charge in [0.1, 0.15) is 0 Å². The zero-order chi connectivity index (χ0) is 20.8. The van der Waals surface area contributed by atoms with Crippen LogP contribution in [0.15, 0.2) is 42.5 Å². The highest BCUT2D eigenvalue weighted by Crippen LogP contribution is 2.37. The number of carbonyl (C=O) groups is 1. The molecule has 1 unspecified atom stereocenters. The monoisotopic (exact) mass is 397 g/mol. The lowest BCUT2D eigenvalue weighted by Gasteiger charge is -2.24. The lowest BCUT2D eigenvalue weighted by Crippen LogP contribution is -2.28. The van der Waals surface area contributed by atoms with Gasteiger partial charge in [0.05, 0.1) is 34.5 Å². The molecule has 6 nitrogen and oxygen atoms in total. The number of nitrogens with zero attached hydrogens (tertiary/aromatic N) is 1. The number of hydrogen-bond donors (Lipinski definition) is 0. The van der Waals surface area contributed by atoms with Crippen molar-refractivity contribution in [3.8, 4) is 23.0 Å². The van der Waals surface area contributed by atoms with Gasteiger partial charge in [-0.25, -0.2) is 0 Å². The maximum absolute atomic E-state index is 12.9. The minimum atomic E-state index is -0.0350. The molecule has 0 spiro atoms. The number of ether oxygens (including phenoxy) is 4. The van der Waals surface area contributed by atoms with E-state index in [-0.39, 0.29) is 11.9 Å². The van der Waals surface area contributed by atoms with Gasteiger partial charge in [-0.2, -0.15) is 0 Å². The van der Waals surface area contributed by atoms with E-state index in [2.05, 4.69) is 0 Å². The molecule has 1 amide bonds. The van der Waals surface area contributed by atoms with Gasteiger partial charge in [-0.15, -0.1) is 0 Å². The van der Waals surface area contributed by atoms with Crippen LogP contribution in [0, 0.1) is 0 Å². The standard InChI is InChI=1S/C23H27NO5/c1-26-19-12-10-17(15-21(19)28-3)18-8-6-14-24(18)22(25)13-11-16-7-5-9-20(27-2)23(16)29-4/h5,7,9-13,15,18H,6,8,14H2,1-4H3. The smallest absolute Gasteiger partial charge is 0.247 e. The maximum Gasteiger partial charge on any atom is 0.247 e. The first-order chi connectivity index (χ1) is 14.1. The molecule has 0 aromatic heterocycles. The van der Waals surface area contributed by atoms with Crippen molar-refractivity contribution in [2.45, 2.75) is 18.9 Å². The van der Waals surface area contributed by atoms with Crippen LogP contribution in [0.5, 0.6) is 23.0 Å². The Morgan fingerprint density at radius 1 is 0.966 bits per heavy atom. The van der Waals surface area contributed by atoms with Crippen LogP contribution in [0.25, 0.3) is 6.08 Å². The number of likely N-dealkylation sites (tertiary alicyclic amines) is 1. The van der Waals surface area contributed by atoms with E-state index in [0.717, 1.165) is 30.5 Å². The Morgan fingerprint density at radius 3 is 2.41 bits per heavy atom. The van der Waals surface area contributed by atoms with Crippen LogP contribution in [-0.2, 0) is 4.79 Å². The third-order valence-electron chi connectivity index (χ3n) is 5.17. The Hall–Kier alpha value is -3.15. The van der Waals surface area contributed by atoms with Crippen LogP contribution in [0.1, 0.15) is 30.0 Å². The van der Waals surface area contributed by atoms with Gasteiger partial charge in [0, 0.05) is 18.2 Å². The van der Waals surface area contributed by atoms with Crippen molar-refractivity contribution in [3.63, 3.8) is 0 Å². The van der Waals surface area contributed by atoms with Crippen LogP contribution < -0.4 is 18.9 Å². The van der Waals surface area contributed by atoms with Gasteiger partial charge in [-0.3, -0.25) is 4.79 Å². The number of amides is 1. The van der Waals surface area contributed by atoms with Gasteiger partial charge in [0.2, 0.25) is 5.91 Å². The average Bonchev–Trinajstić information content (AvgIpc) is 3.26. The van der Waals surface area contributed by atoms with Crippen molar-refractivity contribution in [2.75, 3.05) is 35.0 Å². The SMILES string of the molecule is COc1ccc(C2CCCN2C(=O)C=Cc2cccc(OC)c2OC)cc1OC. The molecule has 0 saturated carbocycles. The maximum atomic E-state index is 12.9. The van der Waals surface area contributed by atoms with Crippen molar-refractivity contribution in [3.05, 3.63) is 53.6 Å². The van der Waals surface area contributed by atoms with E-state index in [1.165, 1.54) is 0 Å². The molecule has 1 saturated heterocycles. The van der Waals surface area contributed by atoms with Crippen LogP contribution in [0.2, 0.25) is 0 Å². The quantitative estimate of drug-likeness (QED) is 0.659. The highest BCUT2D eigenvalue weighted by Gasteiger charge is 2.29. The molecule has 0 N–H and O–H groups in total. The number of methoxy groups -OCH3 is 4. The first-order valence-electron chi connectivity index (χ1n) is 9.54. The summed E-state index contributed by atoms with van der Waals surface area (Å²) in [5.41, 5.74) is 1.84. The first-order valence-corrected chi connectivity index (χ1v) is 9.54. The molecule has 3 rings (SSSR count). The molecule has 0 radical (unpaired) electrons. The molecule has 2 aromatic carbocycles. The van der Waals surface area contributed by atoms with E-state index < -0.39 is 0 Å². The Bertz CT molecular complexity index is 893. The van der Waals surface area contributed by atoms with Crippen LogP contribution in [0.3, 0.4) is 0 Å². The number of hydrogen-bond acceptors (Lipinski definition) is 5. The minimum absolute atomic E-state index is 0.0131.